The number of nitrogens with zero attached hydrogens (tertiary/aromatic N) is 1. The second-order valence-electron chi connectivity index (χ2n) is 3.76. The summed E-state index contributed by atoms with van der Waals surface area (Å²) in [6, 6.07) is 3.51. The first kappa shape index (κ1) is 18.5. The van der Waals surface area contributed by atoms with Crippen molar-refractivity contribution in [2.75, 3.05) is 0 Å². The van der Waals surface area contributed by atoms with Gasteiger partial charge in [0.25, 0.3) is 0 Å². The van der Waals surface area contributed by atoms with Crippen LogP contribution < -0.4 is 11.1 Å². The maximum absolute atomic E-state index is 11.3. The van der Waals surface area contributed by atoms with Gasteiger partial charge in [-0.25, -0.2) is 0 Å². The molecule has 1 amide bonds. The number of pyridine rings is 1. The van der Waals surface area contributed by atoms with Gasteiger partial charge in [-0.3, -0.25) is 9.78 Å². The number of amides is 1. The largest absolute Gasteiger partial charge is 0.352 e. The summed E-state index contributed by atoms with van der Waals surface area (Å²) in [5.74, 6) is -0.114. The fourth-order valence-electron chi connectivity index (χ4n) is 1.30. The average Bonchev–Trinajstić information content (AvgIpc) is 2.18. The molecule has 6 heteroatoms. The van der Waals surface area contributed by atoms with Crippen LogP contribution in [0.5, 0.6) is 0 Å². The summed E-state index contributed by atoms with van der Waals surface area (Å²) in [7, 11) is 0. The molecule has 0 aliphatic carbocycles. The predicted octanol–water partition coefficient (Wildman–Crippen LogP) is 1.32. The van der Waals surface area contributed by atoms with Gasteiger partial charge in [0, 0.05) is 18.4 Å². The van der Waals surface area contributed by atoms with Gasteiger partial charge in [-0.05, 0) is 38.0 Å². The SMILES string of the molecule is CC(Cc1ccncc1)NC(=O)C(C)N.Cl.Cl. The van der Waals surface area contributed by atoms with Gasteiger partial charge < -0.3 is 11.1 Å². The summed E-state index contributed by atoms with van der Waals surface area (Å²) < 4.78 is 0. The highest BCUT2D eigenvalue weighted by Gasteiger charge is 2.11. The number of nitrogens with one attached hydrogen (secondary N) is 1. The van der Waals surface area contributed by atoms with Crippen LogP contribution in [-0.2, 0) is 11.2 Å². The van der Waals surface area contributed by atoms with E-state index in [2.05, 4.69) is 10.3 Å². The quantitative estimate of drug-likeness (QED) is 0.874. The van der Waals surface area contributed by atoms with Crippen LogP contribution in [-0.4, -0.2) is 23.0 Å². The second-order valence-corrected chi connectivity index (χ2v) is 3.76. The molecule has 1 heterocycles. The standard InChI is InChI=1S/C11H17N3O.2ClH/c1-8(14-11(15)9(2)12)7-10-3-5-13-6-4-10;;/h3-6,8-9H,7,12H2,1-2H3,(H,14,15);2*1H. The molecule has 1 rings (SSSR count). The molecule has 98 valence electrons. The molecule has 2 atom stereocenters. The number of rotatable bonds is 4. The Bertz CT molecular complexity index is 320. The van der Waals surface area contributed by atoms with Crippen LogP contribution in [0.4, 0.5) is 0 Å². The van der Waals surface area contributed by atoms with E-state index >= 15 is 0 Å². The van der Waals surface area contributed by atoms with E-state index in [4.69, 9.17) is 5.73 Å². The molecule has 0 aliphatic rings. The molecular formula is C11H19Cl2N3O. The highest BCUT2D eigenvalue weighted by molar-refractivity contribution is 5.85. The maximum atomic E-state index is 11.3. The zero-order valence-corrected chi connectivity index (χ0v) is 11.6. The first-order valence-corrected chi connectivity index (χ1v) is 5.04. The molecule has 0 saturated heterocycles. The van der Waals surface area contributed by atoms with Gasteiger partial charge >= 0.3 is 0 Å². The molecule has 0 radical (unpaired) electrons. The van der Waals surface area contributed by atoms with Gasteiger partial charge in [0.15, 0.2) is 0 Å². The fourth-order valence-corrected chi connectivity index (χ4v) is 1.30. The van der Waals surface area contributed by atoms with E-state index in [9.17, 15) is 4.79 Å². The smallest absolute Gasteiger partial charge is 0.236 e. The highest BCUT2D eigenvalue weighted by Crippen LogP contribution is 2.01. The molecule has 4 nitrogen and oxygen atoms in total. The number of carbonyl (C=O) groups is 1. The van der Waals surface area contributed by atoms with Crippen LogP contribution in [0.2, 0.25) is 0 Å². The Morgan fingerprint density at radius 1 is 1.35 bits per heavy atom. The van der Waals surface area contributed by atoms with Crippen molar-refractivity contribution in [1.29, 1.82) is 0 Å². The van der Waals surface area contributed by atoms with E-state index < -0.39 is 6.04 Å². The Morgan fingerprint density at radius 2 is 1.88 bits per heavy atom. The number of halogens is 2. The number of aromatic nitrogens is 1. The molecule has 17 heavy (non-hydrogen) atoms. The lowest BCUT2D eigenvalue weighted by Crippen LogP contribution is -2.43. The molecule has 0 spiro atoms. The summed E-state index contributed by atoms with van der Waals surface area (Å²) in [5.41, 5.74) is 6.61. The number of hydrogen-bond donors (Lipinski definition) is 2. The minimum atomic E-state index is -0.454. The van der Waals surface area contributed by atoms with E-state index in [0.29, 0.717) is 0 Å². The Kier molecular flexibility index (Phi) is 10.0. The minimum Gasteiger partial charge on any atom is -0.352 e. The lowest BCUT2D eigenvalue weighted by molar-refractivity contribution is -0.122. The van der Waals surface area contributed by atoms with E-state index in [0.717, 1.165) is 12.0 Å². The van der Waals surface area contributed by atoms with Crippen LogP contribution >= 0.6 is 24.8 Å². The van der Waals surface area contributed by atoms with Crippen molar-refractivity contribution in [3.05, 3.63) is 30.1 Å². The van der Waals surface area contributed by atoms with Crippen LogP contribution in [0.1, 0.15) is 19.4 Å². The van der Waals surface area contributed by atoms with Gasteiger partial charge in [-0.1, -0.05) is 0 Å². The first-order chi connectivity index (χ1) is 7.09. The molecule has 0 fully saturated rings. The van der Waals surface area contributed by atoms with Crippen molar-refractivity contribution < 1.29 is 4.79 Å². The third kappa shape index (κ3) is 7.15. The zero-order chi connectivity index (χ0) is 11.3. The van der Waals surface area contributed by atoms with Crippen molar-refractivity contribution in [2.45, 2.75) is 32.4 Å². The Morgan fingerprint density at radius 3 is 2.35 bits per heavy atom. The lowest BCUT2D eigenvalue weighted by Gasteiger charge is -2.15. The minimum absolute atomic E-state index is 0. The molecule has 0 saturated carbocycles. The third-order valence-electron chi connectivity index (χ3n) is 2.09. The molecule has 0 aliphatic heterocycles. The topological polar surface area (TPSA) is 68.0 Å². The summed E-state index contributed by atoms with van der Waals surface area (Å²) in [5, 5.41) is 2.84. The maximum Gasteiger partial charge on any atom is 0.236 e. The third-order valence-corrected chi connectivity index (χ3v) is 2.09. The van der Waals surface area contributed by atoms with Crippen molar-refractivity contribution >= 4 is 30.7 Å². The van der Waals surface area contributed by atoms with Crippen LogP contribution in [0, 0.1) is 0 Å². The van der Waals surface area contributed by atoms with Crippen molar-refractivity contribution in [2.24, 2.45) is 5.73 Å². The lowest BCUT2D eigenvalue weighted by atomic mass is 10.1. The van der Waals surface area contributed by atoms with Gasteiger partial charge in [-0.15, -0.1) is 24.8 Å². The fraction of sp³-hybridized carbons (Fsp3) is 0.455. The number of carbonyl (C=O) groups excluding carboxylic acids is 1. The summed E-state index contributed by atoms with van der Waals surface area (Å²) in [4.78, 5) is 15.2. The average molecular weight is 280 g/mol. The van der Waals surface area contributed by atoms with Crippen molar-refractivity contribution in [3.63, 3.8) is 0 Å². The summed E-state index contributed by atoms with van der Waals surface area (Å²) >= 11 is 0. The van der Waals surface area contributed by atoms with Gasteiger partial charge in [-0.2, -0.15) is 0 Å². The molecule has 0 aromatic carbocycles. The van der Waals surface area contributed by atoms with Crippen LogP contribution in [0.25, 0.3) is 0 Å². The van der Waals surface area contributed by atoms with Crippen LogP contribution in [0.15, 0.2) is 24.5 Å². The number of hydrogen-bond acceptors (Lipinski definition) is 3. The summed E-state index contributed by atoms with van der Waals surface area (Å²) in [6.07, 6.45) is 4.28. The predicted molar refractivity (Wildman–Crippen MR) is 73.7 cm³/mol. The van der Waals surface area contributed by atoms with Crippen molar-refractivity contribution in [1.82, 2.24) is 10.3 Å². The molecule has 1 aromatic rings. The highest BCUT2D eigenvalue weighted by atomic mass is 35.5. The molecule has 0 bridgehead atoms. The van der Waals surface area contributed by atoms with Crippen molar-refractivity contribution in [3.8, 4) is 0 Å². The number of nitrogens with two attached hydrogens (primary N) is 1. The Hall–Kier alpha value is -0.840. The Labute approximate surface area is 114 Å². The van der Waals surface area contributed by atoms with Gasteiger partial charge in [0.1, 0.15) is 0 Å². The Balaban J connectivity index is 0. The van der Waals surface area contributed by atoms with Crippen LogP contribution in [0.3, 0.4) is 0 Å². The summed E-state index contributed by atoms with van der Waals surface area (Å²) in [6.45, 7) is 3.63. The molecular weight excluding hydrogens is 261 g/mol. The molecule has 3 N–H and O–H groups in total. The van der Waals surface area contributed by atoms with E-state index in [1.165, 1.54) is 0 Å². The van der Waals surface area contributed by atoms with E-state index in [1.54, 1.807) is 19.3 Å². The molecule has 1 aromatic heterocycles. The van der Waals surface area contributed by atoms with E-state index in [1.807, 2.05) is 19.1 Å². The monoisotopic (exact) mass is 279 g/mol. The second kappa shape index (κ2) is 9.22. The molecule has 2 unspecified atom stereocenters. The first-order valence-electron chi connectivity index (χ1n) is 5.04. The van der Waals surface area contributed by atoms with E-state index in [-0.39, 0.29) is 36.8 Å². The van der Waals surface area contributed by atoms with Gasteiger partial charge in [0.05, 0.1) is 6.04 Å². The van der Waals surface area contributed by atoms with Gasteiger partial charge in [0.2, 0.25) is 5.91 Å². The normalized spacial score (nSPS) is 12.6. The zero-order valence-electron chi connectivity index (χ0n) is 9.92.